The van der Waals surface area contributed by atoms with Crippen molar-refractivity contribution >= 4 is 45.0 Å². The van der Waals surface area contributed by atoms with E-state index in [1.54, 1.807) is 11.8 Å². The lowest BCUT2D eigenvalue weighted by molar-refractivity contribution is -0.128. The highest BCUT2D eigenvalue weighted by atomic mass is 32.2. The molecule has 0 atom stereocenters. The average molecular weight is 481 g/mol. The molecule has 1 aliphatic carbocycles. The van der Waals surface area contributed by atoms with Crippen molar-refractivity contribution in [2.75, 3.05) is 36.8 Å². The first-order valence-corrected chi connectivity index (χ1v) is 14.0. The Kier molecular flexibility index (Phi) is 7.16. The number of thioether (sulfide) groups is 1. The number of hydrogen-bond acceptors (Lipinski definition) is 6. The van der Waals surface area contributed by atoms with Crippen molar-refractivity contribution in [3.63, 3.8) is 0 Å². The molecule has 2 aromatic heterocycles. The Labute approximate surface area is 204 Å². The molecular weight excluding hydrogens is 448 g/mol. The fourth-order valence-corrected chi connectivity index (χ4v) is 6.87. The summed E-state index contributed by atoms with van der Waals surface area (Å²) in [5, 5.41) is 1.30. The SMILES string of the molecule is CCCCc1nc(N2CCN(C(=O)CSc3ccccc3)CC2)c2c3c(sc2n1)CCCC3. The van der Waals surface area contributed by atoms with Crippen LogP contribution in [0.2, 0.25) is 0 Å². The second-order valence-corrected chi connectivity index (χ2v) is 11.1. The van der Waals surface area contributed by atoms with Gasteiger partial charge in [-0.1, -0.05) is 31.5 Å². The van der Waals surface area contributed by atoms with Gasteiger partial charge in [-0.3, -0.25) is 4.79 Å². The molecule has 3 heterocycles. The standard InChI is InChI=1S/C26H32N4OS2/c1-2-3-13-22-27-25(24-20-11-7-8-12-21(20)33-26(24)28-22)30-16-14-29(15-17-30)23(31)18-32-19-9-5-4-6-10-19/h4-6,9-10H,2-3,7-8,11-18H2,1H3. The van der Waals surface area contributed by atoms with Gasteiger partial charge in [0.1, 0.15) is 16.5 Å². The van der Waals surface area contributed by atoms with E-state index in [9.17, 15) is 4.79 Å². The number of nitrogens with zero attached hydrogens (tertiary/aromatic N) is 4. The van der Waals surface area contributed by atoms with E-state index in [0.29, 0.717) is 5.75 Å². The van der Waals surface area contributed by atoms with Crippen LogP contribution < -0.4 is 4.90 Å². The number of fused-ring (bicyclic) bond motifs is 3. The summed E-state index contributed by atoms with van der Waals surface area (Å²) in [6.07, 6.45) is 8.09. The summed E-state index contributed by atoms with van der Waals surface area (Å²) in [5.41, 5.74) is 1.50. The Morgan fingerprint density at radius 1 is 1.06 bits per heavy atom. The molecule has 1 aromatic carbocycles. The van der Waals surface area contributed by atoms with E-state index in [-0.39, 0.29) is 5.91 Å². The number of benzene rings is 1. The number of unbranched alkanes of at least 4 members (excludes halogenated alkanes) is 1. The lowest BCUT2D eigenvalue weighted by Gasteiger charge is -2.36. The van der Waals surface area contributed by atoms with Gasteiger partial charge in [-0.2, -0.15) is 0 Å². The molecule has 174 valence electrons. The summed E-state index contributed by atoms with van der Waals surface area (Å²) in [6, 6.07) is 10.2. The quantitative estimate of drug-likeness (QED) is 0.427. The highest BCUT2D eigenvalue weighted by molar-refractivity contribution is 8.00. The number of thiophene rings is 1. The number of amides is 1. The van der Waals surface area contributed by atoms with E-state index >= 15 is 0 Å². The second kappa shape index (κ2) is 10.4. The molecule has 7 heteroatoms. The van der Waals surface area contributed by atoms with Gasteiger partial charge in [0.15, 0.2) is 0 Å². The zero-order valence-corrected chi connectivity index (χ0v) is 21.0. The second-order valence-electron chi connectivity index (χ2n) is 8.93. The van der Waals surface area contributed by atoms with Crippen molar-refractivity contribution in [3.8, 4) is 0 Å². The fourth-order valence-electron chi connectivity index (χ4n) is 4.78. The Balaban J connectivity index is 1.32. The van der Waals surface area contributed by atoms with Crippen LogP contribution in [0.4, 0.5) is 5.82 Å². The Morgan fingerprint density at radius 3 is 2.64 bits per heavy atom. The van der Waals surface area contributed by atoms with Gasteiger partial charge in [-0.05, 0) is 49.8 Å². The largest absolute Gasteiger partial charge is 0.352 e. The van der Waals surface area contributed by atoms with E-state index < -0.39 is 0 Å². The summed E-state index contributed by atoms with van der Waals surface area (Å²) in [6.45, 7) is 5.42. The molecule has 2 aliphatic rings. The molecule has 1 saturated heterocycles. The molecule has 3 aromatic rings. The Morgan fingerprint density at radius 2 is 1.85 bits per heavy atom. The van der Waals surface area contributed by atoms with Crippen molar-refractivity contribution in [1.82, 2.24) is 14.9 Å². The van der Waals surface area contributed by atoms with Gasteiger partial charge >= 0.3 is 0 Å². The molecule has 33 heavy (non-hydrogen) atoms. The highest BCUT2D eigenvalue weighted by Gasteiger charge is 2.27. The zero-order chi connectivity index (χ0) is 22.6. The van der Waals surface area contributed by atoms with E-state index in [2.05, 4.69) is 24.0 Å². The van der Waals surface area contributed by atoms with Crippen LogP contribution in [0, 0.1) is 0 Å². The molecular formula is C26H32N4OS2. The maximum atomic E-state index is 12.8. The third kappa shape index (κ3) is 5.04. The zero-order valence-electron chi connectivity index (χ0n) is 19.4. The minimum Gasteiger partial charge on any atom is -0.352 e. The number of aryl methyl sites for hydroxylation is 3. The van der Waals surface area contributed by atoms with E-state index in [4.69, 9.17) is 9.97 Å². The van der Waals surface area contributed by atoms with Crippen LogP contribution in [0.3, 0.4) is 0 Å². The molecule has 1 amide bonds. The maximum absolute atomic E-state index is 12.8. The minimum absolute atomic E-state index is 0.230. The number of hydrogen-bond donors (Lipinski definition) is 0. The molecule has 0 unspecified atom stereocenters. The van der Waals surface area contributed by atoms with Crippen LogP contribution in [0.1, 0.15) is 48.9 Å². The van der Waals surface area contributed by atoms with Crippen molar-refractivity contribution in [1.29, 1.82) is 0 Å². The summed E-state index contributed by atoms with van der Waals surface area (Å²) in [7, 11) is 0. The van der Waals surface area contributed by atoms with Gasteiger partial charge in [-0.15, -0.1) is 23.1 Å². The van der Waals surface area contributed by atoms with Crippen LogP contribution in [0.5, 0.6) is 0 Å². The van der Waals surface area contributed by atoms with Gasteiger partial charge in [0.25, 0.3) is 0 Å². The van der Waals surface area contributed by atoms with Gasteiger partial charge in [0.05, 0.1) is 11.1 Å². The number of carbonyl (C=O) groups is 1. The van der Waals surface area contributed by atoms with Crippen LogP contribution in [0.15, 0.2) is 35.2 Å². The molecule has 0 radical (unpaired) electrons. The van der Waals surface area contributed by atoms with Crippen molar-refractivity contribution in [2.24, 2.45) is 0 Å². The van der Waals surface area contributed by atoms with Gasteiger partial charge in [0.2, 0.25) is 5.91 Å². The highest BCUT2D eigenvalue weighted by Crippen LogP contribution is 2.40. The third-order valence-electron chi connectivity index (χ3n) is 6.63. The van der Waals surface area contributed by atoms with Crippen molar-refractivity contribution in [3.05, 3.63) is 46.6 Å². The summed E-state index contributed by atoms with van der Waals surface area (Å²) in [5.74, 6) is 2.83. The predicted molar refractivity (Wildman–Crippen MR) is 139 cm³/mol. The third-order valence-corrected chi connectivity index (χ3v) is 8.82. The predicted octanol–water partition coefficient (Wildman–Crippen LogP) is 5.35. The molecule has 0 spiro atoms. The van der Waals surface area contributed by atoms with Crippen LogP contribution in [-0.2, 0) is 24.1 Å². The first-order valence-electron chi connectivity index (χ1n) is 12.2. The number of aromatic nitrogens is 2. The Hall–Kier alpha value is -2.12. The maximum Gasteiger partial charge on any atom is 0.233 e. The van der Waals surface area contributed by atoms with Gasteiger partial charge < -0.3 is 9.80 Å². The van der Waals surface area contributed by atoms with Crippen LogP contribution in [0.25, 0.3) is 10.2 Å². The monoisotopic (exact) mass is 480 g/mol. The van der Waals surface area contributed by atoms with E-state index in [1.165, 1.54) is 39.9 Å². The number of rotatable bonds is 7. The normalized spacial score (nSPS) is 16.3. The average Bonchev–Trinajstić information content (AvgIpc) is 3.25. The summed E-state index contributed by atoms with van der Waals surface area (Å²) in [4.78, 5) is 31.2. The molecule has 0 bridgehead atoms. The minimum atomic E-state index is 0.230. The van der Waals surface area contributed by atoms with Crippen molar-refractivity contribution < 1.29 is 4.79 Å². The van der Waals surface area contributed by atoms with E-state index in [0.717, 1.165) is 68.4 Å². The molecule has 5 nitrogen and oxygen atoms in total. The number of carbonyl (C=O) groups excluding carboxylic acids is 1. The van der Waals surface area contributed by atoms with Gasteiger partial charge in [-0.25, -0.2) is 9.97 Å². The van der Waals surface area contributed by atoms with Crippen LogP contribution in [-0.4, -0.2) is 52.7 Å². The summed E-state index contributed by atoms with van der Waals surface area (Å²) >= 11 is 3.51. The van der Waals surface area contributed by atoms with E-state index in [1.807, 2.05) is 34.4 Å². The summed E-state index contributed by atoms with van der Waals surface area (Å²) < 4.78 is 0. The van der Waals surface area contributed by atoms with Crippen LogP contribution >= 0.6 is 23.1 Å². The first kappa shape index (κ1) is 22.7. The van der Waals surface area contributed by atoms with Crippen molar-refractivity contribution in [2.45, 2.75) is 56.8 Å². The smallest absolute Gasteiger partial charge is 0.233 e. The lowest BCUT2D eigenvalue weighted by atomic mass is 9.97. The number of piperazine rings is 1. The number of anilines is 1. The molecule has 0 saturated carbocycles. The van der Waals surface area contributed by atoms with Gasteiger partial charge in [0, 0.05) is 42.4 Å². The Bertz CT molecular complexity index is 1110. The lowest BCUT2D eigenvalue weighted by Crippen LogP contribution is -2.49. The first-order chi connectivity index (χ1) is 16.2. The molecule has 1 aliphatic heterocycles. The fraction of sp³-hybridized carbons (Fsp3) is 0.500. The topological polar surface area (TPSA) is 49.3 Å². The molecule has 1 fully saturated rings. The molecule has 5 rings (SSSR count). The molecule has 0 N–H and O–H groups in total.